The number of ether oxygens (including phenoxy) is 1. The molecule has 1 aromatic heterocycles. The number of benzene rings is 1. The van der Waals surface area contributed by atoms with Gasteiger partial charge < -0.3 is 4.74 Å². The summed E-state index contributed by atoms with van der Waals surface area (Å²) in [6.45, 7) is 3.66. The van der Waals surface area contributed by atoms with E-state index in [1.165, 1.54) is 16.8 Å². The number of carbonyl (C=O) groups is 1. The molecule has 0 bridgehead atoms. The Labute approximate surface area is 114 Å². The van der Waals surface area contributed by atoms with Gasteiger partial charge in [0, 0.05) is 0 Å². The Balaban J connectivity index is 2.42. The van der Waals surface area contributed by atoms with Gasteiger partial charge in [0.25, 0.3) is 5.24 Å². The van der Waals surface area contributed by atoms with Gasteiger partial charge in [0.1, 0.15) is 5.82 Å². The molecule has 0 atom stereocenters. The number of hydrogen-bond acceptors (Lipinski definition) is 3. The normalized spacial score (nSPS) is 10.8. The molecule has 1 aromatic carbocycles. The second-order valence-corrected chi connectivity index (χ2v) is 4.55. The zero-order valence-corrected chi connectivity index (χ0v) is 11.2. The van der Waals surface area contributed by atoms with E-state index in [1.807, 2.05) is 13.8 Å². The number of carbonyl (C=O) groups excluding carboxylic acids is 1. The predicted octanol–water partition coefficient (Wildman–Crippen LogP) is 3.18. The van der Waals surface area contributed by atoms with E-state index in [0.717, 1.165) is 0 Å². The first kappa shape index (κ1) is 13.5. The Hall–Kier alpha value is -1.88. The molecule has 100 valence electrons. The fourth-order valence-electron chi connectivity index (χ4n) is 1.56. The van der Waals surface area contributed by atoms with Gasteiger partial charge in [-0.25, -0.2) is 9.07 Å². The van der Waals surface area contributed by atoms with E-state index in [1.54, 1.807) is 18.3 Å². The van der Waals surface area contributed by atoms with Crippen LogP contribution in [0.4, 0.5) is 4.39 Å². The summed E-state index contributed by atoms with van der Waals surface area (Å²) in [5, 5.41) is 3.35. The van der Waals surface area contributed by atoms with Gasteiger partial charge in [0.2, 0.25) is 0 Å². The minimum absolute atomic E-state index is 0.0414. The van der Waals surface area contributed by atoms with Gasteiger partial charge in [0.15, 0.2) is 11.4 Å². The van der Waals surface area contributed by atoms with Gasteiger partial charge in [-0.3, -0.25) is 4.79 Å². The van der Waals surface area contributed by atoms with Crippen LogP contribution in [0, 0.1) is 5.82 Å². The predicted molar refractivity (Wildman–Crippen MR) is 69.5 cm³/mol. The van der Waals surface area contributed by atoms with E-state index >= 15 is 0 Å². The van der Waals surface area contributed by atoms with Crippen LogP contribution in [0.25, 0.3) is 5.69 Å². The van der Waals surface area contributed by atoms with Crippen molar-refractivity contribution in [2.45, 2.75) is 20.0 Å². The lowest BCUT2D eigenvalue weighted by Gasteiger charge is -2.06. The average Bonchev–Trinajstić information content (AvgIpc) is 2.73. The minimum atomic E-state index is -0.698. The van der Waals surface area contributed by atoms with E-state index in [2.05, 4.69) is 5.10 Å². The van der Waals surface area contributed by atoms with Crippen LogP contribution in [-0.2, 0) is 0 Å². The molecule has 4 nitrogen and oxygen atoms in total. The molecule has 0 aliphatic carbocycles. The molecule has 2 aromatic rings. The summed E-state index contributed by atoms with van der Waals surface area (Å²) >= 11 is 5.46. The first-order chi connectivity index (χ1) is 8.97. The summed E-state index contributed by atoms with van der Waals surface area (Å²) in [6.07, 6.45) is 1.43. The van der Waals surface area contributed by atoms with Crippen LogP contribution in [-0.4, -0.2) is 21.1 Å². The molecule has 6 heteroatoms. The second kappa shape index (κ2) is 5.40. The quantitative estimate of drug-likeness (QED) is 0.809. The number of hydrogen-bond donors (Lipinski definition) is 0. The molecule has 0 aliphatic rings. The zero-order chi connectivity index (χ0) is 14.0. The molecular weight excluding hydrogens is 271 g/mol. The molecular formula is C13H12ClFN2O2. The monoisotopic (exact) mass is 282 g/mol. The fraction of sp³-hybridized carbons (Fsp3) is 0.231. The van der Waals surface area contributed by atoms with Gasteiger partial charge >= 0.3 is 0 Å². The van der Waals surface area contributed by atoms with Crippen LogP contribution in [0.15, 0.2) is 30.5 Å². The lowest BCUT2D eigenvalue weighted by molar-refractivity contribution is 0.107. The second-order valence-electron chi connectivity index (χ2n) is 4.20. The first-order valence-corrected chi connectivity index (χ1v) is 6.07. The largest absolute Gasteiger partial charge is 0.487 e. The smallest absolute Gasteiger partial charge is 0.276 e. The van der Waals surface area contributed by atoms with E-state index in [9.17, 15) is 9.18 Å². The lowest BCUT2D eigenvalue weighted by atomic mass is 10.3. The Kier molecular flexibility index (Phi) is 3.85. The van der Waals surface area contributed by atoms with E-state index in [0.29, 0.717) is 11.4 Å². The number of nitrogens with zero attached hydrogens (tertiary/aromatic N) is 2. The molecule has 0 aliphatic heterocycles. The van der Waals surface area contributed by atoms with Crippen molar-refractivity contribution in [3.05, 3.63) is 42.0 Å². The fourth-order valence-corrected chi connectivity index (χ4v) is 1.69. The van der Waals surface area contributed by atoms with Crippen molar-refractivity contribution < 1.29 is 13.9 Å². The van der Waals surface area contributed by atoms with E-state index < -0.39 is 5.24 Å². The van der Waals surface area contributed by atoms with Gasteiger partial charge in [-0.05, 0) is 49.7 Å². The van der Waals surface area contributed by atoms with Crippen molar-refractivity contribution >= 4 is 16.8 Å². The third kappa shape index (κ3) is 3.12. The van der Waals surface area contributed by atoms with Crippen molar-refractivity contribution in [3.8, 4) is 11.4 Å². The minimum Gasteiger partial charge on any atom is -0.487 e. The Morgan fingerprint density at radius 1 is 1.37 bits per heavy atom. The zero-order valence-electron chi connectivity index (χ0n) is 10.4. The van der Waals surface area contributed by atoms with Gasteiger partial charge in [0.05, 0.1) is 18.0 Å². The van der Waals surface area contributed by atoms with Gasteiger partial charge in [-0.15, -0.1) is 0 Å². The van der Waals surface area contributed by atoms with Gasteiger partial charge in [-0.2, -0.15) is 5.10 Å². The number of rotatable bonds is 4. The van der Waals surface area contributed by atoms with E-state index in [-0.39, 0.29) is 17.6 Å². The molecule has 0 N–H and O–H groups in total. The van der Waals surface area contributed by atoms with Crippen molar-refractivity contribution in [2.24, 2.45) is 0 Å². The molecule has 0 spiro atoms. The van der Waals surface area contributed by atoms with Crippen LogP contribution in [0.5, 0.6) is 5.75 Å². The number of halogens is 2. The molecule has 1 heterocycles. The highest BCUT2D eigenvalue weighted by atomic mass is 35.5. The van der Waals surface area contributed by atoms with Gasteiger partial charge in [-0.1, -0.05) is 0 Å². The Morgan fingerprint density at radius 2 is 2.00 bits per heavy atom. The van der Waals surface area contributed by atoms with Crippen molar-refractivity contribution in [3.63, 3.8) is 0 Å². The lowest BCUT2D eigenvalue weighted by Crippen LogP contribution is -2.07. The summed E-state index contributed by atoms with van der Waals surface area (Å²) in [7, 11) is 0. The van der Waals surface area contributed by atoms with Crippen molar-refractivity contribution in [1.82, 2.24) is 9.78 Å². The van der Waals surface area contributed by atoms with E-state index in [4.69, 9.17) is 16.3 Å². The van der Waals surface area contributed by atoms with Crippen LogP contribution in [0.2, 0.25) is 0 Å². The maximum Gasteiger partial charge on any atom is 0.276 e. The maximum atomic E-state index is 12.9. The number of aromatic nitrogens is 2. The summed E-state index contributed by atoms with van der Waals surface area (Å²) in [6, 6.07) is 5.71. The van der Waals surface area contributed by atoms with Crippen LogP contribution >= 0.6 is 11.6 Å². The third-order valence-electron chi connectivity index (χ3n) is 2.32. The maximum absolute atomic E-state index is 12.9. The topological polar surface area (TPSA) is 44.1 Å². The van der Waals surface area contributed by atoms with Crippen molar-refractivity contribution in [1.29, 1.82) is 0 Å². The van der Waals surface area contributed by atoms with Crippen LogP contribution < -0.4 is 4.74 Å². The molecule has 2 rings (SSSR count). The van der Waals surface area contributed by atoms with Crippen LogP contribution in [0.1, 0.15) is 24.3 Å². The Morgan fingerprint density at radius 3 is 2.53 bits per heavy atom. The van der Waals surface area contributed by atoms with Crippen molar-refractivity contribution in [2.75, 3.05) is 0 Å². The molecule has 0 amide bonds. The standard InChI is InChI=1S/C13H12ClFN2O2/c1-8(2)19-11-7-17(16-12(11)13(14)18)10-5-3-9(15)4-6-10/h3-8H,1-2H3. The summed E-state index contributed by atoms with van der Waals surface area (Å²) in [5.74, 6) is -0.0393. The molecule has 0 saturated carbocycles. The highest BCUT2D eigenvalue weighted by Gasteiger charge is 2.18. The molecule has 0 saturated heterocycles. The molecule has 19 heavy (non-hydrogen) atoms. The highest BCUT2D eigenvalue weighted by Crippen LogP contribution is 2.22. The van der Waals surface area contributed by atoms with Crippen LogP contribution in [0.3, 0.4) is 0 Å². The summed E-state index contributed by atoms with van der Waals surface area (Å²) in [4.78, 5) is 11.3. The molecule has 0 fully saturated rings. The highest BCUT2D eigenvalue weighted by molar-refractivity contribution is 6.67. The third-order valence-corrected chi connectivity index (χ3v) is 2.50. The Bertz CT molecular complexity index is 593. The average molecular weight is 283 g/mol. The summed E-state index contributed by atoms with van der Waals surface area (Å²) < 4.78 is 19.8. The summed E-state index contributed by atoms with van der Waals surface area (Å²) in [5.41, 5.74) is 0.652. The SMILES string of the molecule is CC(C)Oc1cn(-c2ccc(F)cc2)nc1C(=O)Cl. The molecule has 0 radical (unpaired) electrons. The first-order valence-electron chi connectivity index (χ1n) is 5.69. The molecule has 0 unspecified atom stereocenters.